The highest BCUT2D eigenvalue weighted by Gasteiger charge is 2.16. The molecule has 0 saturated carbocycles. The number of aryl methyl sites for hydroxylation is 1. The number of hydrogen-bond acceptors (Lipinski definition) is 5. The van der Waals surface area contributed by atoms with Gasteiger partial charge in [-0.25, -0.2) is 4.98 Å². The molecule has 0 saturated heterocycles. The molecular weight excluding hydrogens is 256 g/mol. The number of aromatic nitrogens is 2. The van der Waals surface area contributed by atoms with Crippen LogP contribution in [-0.4, -0.2) is 14.9 Å². The molecule has 1 heterocycles. The summed E-state index contributed by atoms with van der Waals surface area (Å²) in [6.07, 6.45) is 1.08. The second-order valence-electron chi connectivity index (χ2n) is 3.62. The number of hydrogen-bond donors (Lipinski definition) is 1. The average molecular weight is 265 g/mol. The fraction of sp³-hybridized carbons (Fsp3) is 0.0909. The standard InChI is InChI=1S/C11H9ClN4O2/c1-7-2-4-8(5-3-7)14-10-9(16(17)18)6-13-11(12)15-10/h2-6H,1H3,(H,13,14,15). The van der Waals surface area contributed by atoms with Crippen LogP contribution in [0.15, 0.2) is 30.5 Å². The van der Waals surface area contributed by atoms with Gasteiger partial charge in [-0.2, -0.15) is 4.98 Å². The van der Waals surface area contributed by atoms with Crippen molar-refractivity contribution < 1.29 is 4.92 Å². The highest BCUT2D eigenvalue weighted by atomic mass is 35.5. The maximum Gasteiger partial charge on any atom is 0.329 e. The number of benzene rings is 1. The molecular formula is C11H9ClN4O2. The van der Waals surface area contributed by atoms with Crippen molar-refractivity contribution in [3.05, 3.63) is 51.4 Å². The fourth-order valence-corrected chi connectivity index (χ4v) is 1.49. The Kier molecular flexibility index (Phi) is 3.38. The first-order valence-electron chi connectivity index (χ1n) is 5.07. The molecule has 0 bridgehead atoms. The molecule has 0 fully saturated rings. The predicted molar refractivity (Wildman–Crippen MR) is 68.2 cm³/mol. The minimum Gasteiger partial charge on any atom is -0.334 e. The Labute approximate surface area is 108 Å². The van der Waals surface area contributed by atoms with Crippen molar-refractivity contribution in [3.8, 4) is 0 Å². The minimum absolute atomic E-state index is 0.0461. The molecule has 0 aliphatic carbocycles. The van der Waals surface area contributed by atoms with E-state index in [2.05, 4.69) is 15.3 Å². The zero-order chi connectivity index (χ0) is 13.1. The van der Waals surface area contributed by atoms with E-state index in [9.17, 15) is 10.1 Å². The largest absolute Gasteiger partial charge is 0.334 e. The van der Waals surface area contributed by atoms with E-state index in [1.807, 2.05) is 19.1 Å². The molecule has 1 N–H and O–H groups in total. The molecule has 0 amide bonds. The van der Waals surface area contributed by atoms with Crippen LogP contribution < -0.4 is 5.32 Å². The summed E-state index contributed by atoms with van der Waals surface area (Å²) in [5.41, 5.74) is 1.56. The van der Waals surface area contributed by atoms with Crippen molar-refractivity contribution in [1.82, 2.24) is 9.97 Å². The number of anilines is 2. The lowest BCUT2D eigenvalue weighted by Gasteiger charge is -2.06. The van der Waals surface area contributed by atoms with Crippen LogP contribution in [0.1, 0.15) is 5.56 Å². The summed E-state index contributed by atoms with van der Waals surface area (Å²) in [6.45, 7) is 1.95. The van der Waals surface area contributed by atoms with Crippen LogP contribution >= 0.6 is 11.6 Å². The number of nitrogens with one attached hydrogen (secondary N) is 1. The first kappa shape index (κ1) is 12.3. The van der Waals surface area contributed by atoms with E-state index in [1.54, 1.807) is 12.1 Å². The van der Waals surface area contributed by atoms with E-state index in [4.69, 9.17) is 11.6 Å². The molecule has 0 atom stereocenters. The van der Waals surface area contributed by atoms with Gasteiger partial charge in [-0.3, -0.25) is 10.1 Å². The maximum absolute atomic E-state index is 10.8. The Hall–Kier alpha value is -2.21. The summed E-state index contributed by atoms with van der Waals surface area (Å²) >= 11 is 5.63. The lowest BCUT2D eigenvalue weighted by atomic mass is 10.2. The number of rotatable bonds is 3. The van der Waals surface area contributed by atoms with Gasteiger partial charge in [0.25, 0.3) is 0 Å². The van der Waals surface area contributed by atoms with Gasteiger partial charge in [0.15, 0.2) is 0 Å². The van der Waals surface area contributed by atoms with Gasteiger partial charge < -0.3 is 5.32 Å². The zero-order valence-corrected chi connectivity index (χ0v) is 10.2. The topological polar surface area (TPSA) is 81.0 Å². The van der Waals surface area contributed by atoms with Crippen LogP contribution in [0.4, 0.5) is 17.2 Å². The van der Waals surface area contributed by atoms with E-state index in [0.717, 1.165) is 11.8 Å². The molecule has 0 spiro atoms. The van der Waals surface area contributed by atoms with Crippen LogP contribution in [0.3, 0.4) is 0 Å². The molecule has 7 heteroatoms. The van der Waals surface area contributed by atoms with Crippen LogP contribution in [0.2, 0.25) is 5.28 Å². The van der Waals surface area contributed by atoms with Gasteiger partial charge in [0, 0.05) is 5.69 Å². The van der Waals surface area contributed by atoms with Crippen molar-refractivity contribution in [2.75, 3.05) is 5.32 Å². The SMILES string of the molecule is Cc1ccc(Nc2nc(Cl)ncc2[N+](=O)[O-])cc1. The van der Waals surface area contributed by atoms with Crippen molar-refractivity contribution >= 4 is 28.8 Å². The Morgan fingerprint density at radius 1 is 1.33 bits per heavy atom. The van der Waals surface area contributed by atoms with Crippen LogP contribution in [-0.2, 0) is 0 Å². The predicted octanol–water partition coefficient (Wildman–Crippen LogP) is 3.09. The van der Waals surface area contributed by atoms with Crippen LogP contribution in [0, 0.1) is 17.0 Å². The van der Waals surface area contributed by atoms with Crippen molar-refractivity contribution in [2.24, 2.45) is 0 Å². The highest BCUT2D eigenvalue weighted by Crippen LogP contribution is 2.25. The molecule has 2 rings (SSSR count). The first-order valence-corrected chi connectivity index (χ1v) is 5.44. The van der Waals surface area contributed by atoms with Gasteiger partial charge in [-0.15, -0.1) is 0 Å². The van der Waals surface area contributed by atoms with E-state index in [-0.39, 0.29) is 16.8 Å². The Morgan fingerprint density at radius 2 is 2.00 bits per heavy atom. The summed E-state index contributed by atoms with van der Waals surface area (Å²) in [5, 5.41) is 13.6. The lowest BCUT2D eigenvalue weighted by molar-refractivity contribution is -0.384. The smallest absolute Gasteiger partial charge is 0.329 e. The number of nitrogens with zero attached hydrogens (tertiary/aromatic N) is 3. The quantitative estimate of drug-likeness (QED) is 0.523. The molecule has 92 valence electrons. The molecule has 18 heavy (non-hydrogen) atoms. The molecule has 0 aliphatic rings. The van der Waals surface area contributed by atoms with Crippen LogP contribution in [0.25, 0.3) is 0 Å². The molecule has 0 unspecified atom stereocenters. The average Bonchev–Trinajstić information content (AvgIpc) is 2.32. The van der Waals surface area contributed by atoms with Gasteiger partial charge in [0.05, 0.1) is 4.92 Å². The monoisotopic (exact) mass is 264 g/mol. The summed E-state index contributed by atoms with van der Waals surface area (Å²) in [6, 6.07) is 7.37. The summed E-state index contributed by atoms with van der Waals surface area (Å²) in [4.78, 5) is 17.7. The third-order valence-electron chi connectivity index (χ3n) is 2.25. The van der Waals surface area contributed by atoms with E-state index < -0.39 is 4.92 Å². The van der Waals surface area contributed by atoms with Gasteiger partial charge in [0.2, 0.25) is 11.1 Å². The van der Waals surface area contributed by atoms with Crippen LogP contribution in [0.5, 0.6) is 0 Å². The zero-order valence-electron chi connectivity index (χ0n) is 9.42. The summed E-state index contributed by atoms with van der Waals surface area (Å²) < 4.78 is 0. The first-order chi connectivity index (χ1) is 8.56. The van der Waals surface area contributed by atoms with E-state index in [0.29, 0.717) is 5.69 Å². The fourth-order valence-electron chi connectivity index (χ4n) is 1.35. The summed E-state index contributed by atoms with van der Waals surface area (Å²) in [5.74, 6) is 0.0730. The third kappa shape index (κ3) is 2.72. The maximum atomic E-state index is 10.8. The van der Waals surface area contributed by atoms with E-state index >= 15 is 0 Å². The second kappa shape index (κ2) is 4.97. The van der Waals surface area contributed by atoms with E-state index in [1.165, 1.54) is 0 Å². The Morgan fingerprint density at radius 3 is 2.61 bits per heavy atom. The molecule has 0 radical (unpaired) electrons. The Balaban J connectivity index is 2.35. The van der Waals surface area contributed by atoms with Gasteiger partial charge in [0.1, 0.15) is 6.20 Å². The molecule has 1 aromatic carbocycles. The molecule has 2 aromatic rings. The lowest BCUT2D eigenvalue weighted by Crippen LogP contribution is -2.01. The third-order valence-corrected chi connectivity index (χ3v) is 2.43. The summed E-state index contributed by atoms with van der Waals surface area (Å²) in [7, 11) is 0. The molecule has 0 aliphatic heterocycles. The van der Waals surface area contributed by atoms with Crippen molar-refractivity contribution in [2.45, 2.75) is 6.92 Å². The van der Waals surface area contributed by atoms with Gasteiger partial charge >= 0.3 is 5.69 Å². The number of halogens is 1. The highest BCUT2D eigenvalue weighted by molar-refractivity contribution is 6.28. The molecule has 6 nitrogen and oxygen atoms in total. The Bertz CT molecular complexity index is 586. The minimum atomic E-state index is -0.563. The second-order valence-corrected chi connectivity index (χ2v) is 3.96. The van der Waals surface area contributed by atoms with Crippen molar-refractivity contribution in [3.63, 3.8) is 0 Å². The van der Waals surface area contributed by atoms with Gasteiger partial charge in [-0.05, 0) is 30.7 Å². The number of nitro groups is 1. The molecule has 1 aromatic heterocycles. The normalized spacial score (nSPS) is 10.1. The van der Waals surface area contributed by atoms with Gasteiger partial charge in [-0.1, -0.05) is 17.7 Å². The van der Waals surface area contributed by atoms with Crippen molar-refractivity contribution in [1.29, 1.82) is 0 Å².